The van der Waals surface area contributed by atoms with Crippen molar-refractivity contribution in [2.75, 3.05) is 12.8 Å². The molecule has 1 aromatic heterocycles. The van der Waals surface area contributed by atoms with Crippen molar-refractivity contribution in [3.8, 4) is 5.75 Å². The van der Waals surface area contributed by atoms with Gasteiger partial charge in [-0.25, -0.2) is 0 Å². The molecule has 0 aliphatic heterocycles. The topological polar surface area (TPSA) is 64.3 Å². The van der Waals surface area contributed by atoms with E-state index in [4.69, 9.17) is 10.5 Å². The minimum Gasteiger partial charge on any atom is -0.496 e. The molecule has 0 bridgehead atoms. The SMILES string of the molecule is COc1cccc(N)c1C(=O)NC(C)Cc1cccs1. The van der Waals surface area contributed by atoms with Crippen molar-refractivity contribution in [2.24, 2.45) is 0 Å². The first-order valence-corrected chi connectivity index (χ1v) is 7.25. The second-order valence-electron chi connectivity index (χ2n) is 4.58. The van der Waals surface area contributed by atoms with Crippen LogP contribution < -0.4 is 15.8 Å². The summed E-state index contributed by atoms with van der Waals surface area (Å²) in [6, 6.07) is 9.29. The molecule has 1 unspecified atom stereocenters. The zero-order chi connectivity index (χ0) is 14.5. The minimum absolute atomic E-state index is 0.0328. The highest BCUT2D eigenvalue weighted by atomic mass is 32.1. The Balaban J connectivity index is 2.08. The van der Waals surface area contributed by atoms with Crippen molar-refractivity contribution >= 4 is 22.9 Å². The minimum atomic E-state index is -0.205. The lowest BCUT2D eigenvalue weighted by molar-refractivity contribution is 0.0938. The van der Waals surface area contributed by atoms with Gasteiger partial charge in [0.1, 0.15) is 11.3 Å². The van der Waals surface area contributed by atoms with E-state index in [1.807, 2.05) is 18.4 Å². The Kier molecular flexibility index (Phi) is 4.63. The lowest BCUT2D eigenvalue weighted by atomic mass is 10.1. The summed E-state index contributed by atoms with van der Waals surface area (Å²) in [4.78, 5) is 13.6. The molecule has 0 spiro atoms. The fourth-order valence-electron chi connectivity index (χ4n) is 2.04. The number of hydrogen-bond acceptors (Lipinski definition) is 4. The van der Waals surface area contributed by atoms with Crippen molar-refractivity contribution in [1.82, 2.24) is 5.32 Å². The van der Waals surface area contributed by atoms with Gasteiger partial charge < -0.3 is 15.8 Å². The van der Waals surface area contributed by atoms with Gasteiger partial charge in [-0.3, -0.25) is 4.79 Å². The molecule has 3 N–H and O–H groups in total. The van der Waals surface area contributed by atoms with Crippen LogP contribution in [0.25, 0.3) is 0 Å². The molecule has 0 saturated heterocycles. The second kappa shape index (κ2) is 6.43. The zero-order valence-electron chi connectivity index (χ0n) is 11.6. The van der Waals surface area contributed by atoms with Gasteiger partial charge in [-0.1, -0.05) is 12.1 Å². The van der Waals surface area contributed by atoms with E-state index < -0.39 is 0 Å². The standard InChI is InChI=1S/C15H18N2O2S/c1-10(9-11-5-4-8-20-11)17-15(18)14-12(16)6-3-7-13(14)19-2/h3-8,10H,9,16H2,1-2H3,(H,17,18). The Morgan fingerprint density at radius 1 is 1.40 bits per heavy atom. The third kappa shape index (κ3) is 3.30. The molecule has 4 nitrogen and oxygen atoms in total. The monoisotopic (exact) mass is 290 g/mol. The molecule has 1 heterocycles. The number of methoxy groups -OCH3 is 1. The first-order chi connectivity index (χ1) is 9.61. The van der Waals surface area contributed by atoms with Gasteiger partial charge in [0.05, 0.1) is 7.11 Å². The molecule has 0 aliphatic carbocycles. The van der Waals surface area contributed by atoms with Crippen LogP contribution in [0.4, 0.5) is 5.69 Å². The molecule has 5 heteroatoms. The van der Waals surface area contributed by atoms with Crippen molar-refractivity contribution < 1.29 is 9.53 Å². The number of carbonyl (C=O) groups is 1. The van der Waals surface area contributed by atoms with Crippen LogP contribution in [-0.2, 0) is 6.42 Å². The zero-order valence-corrected chi connectivity index (χ0v) is 12.4. The summed E-state index contributed by atoms with van der Waals surface area (Å²) in [5, 5.41) is 4.99. The third-order valence-electron chi connectivity index (χ3n) is 2.97. The molecule has 2 aromatic rings. The Morgan fingerprint density at radius 3 is 2.85 bits per heavy atom. The average Bonchev–Trinajstić information content (AvgIpc) is 2.90. The number of nitrogens with two attached hydrogens (primary N) is 1. The van der Waals surface area contributed by atoms with Crippen molar-refractivity contribution in [2.45, 2.75) is 19.4 Å². The van der Waals surface area contributed by atoms with Crippen molar-refractivity contribution in [3.63, 3.8) is 0 Å². The predicted molar refractivity (Wildman–Crippen MR) is 82.4 cm³/mol. The van der Waals surface area contributed by atoms with Gasteiger partial charge in [-0.15, -0.1) is 11.3 Å². The van der Waals surface area contributed by atoms with Gasteiger partial charge >= 0.3 is 0 Å². The van der Waals surface area contributed by atoms with Gasteiger partial charge in [-0.05, 0) is 30.5 Å². The van der Waals surface area contributed by atoms with Gasteiger partial charge in [0.15, 0.2) is 0 Å². The summed E-state index contributed by atoms with van der Waals surface area (Å²) >= 11 is 1.68. The molecular formula is C15H18N2O2S. The van der Waals surface area contributed by atoms with Crippen molar-refractivity contribution in [3.05, 3.63) is 46.2 Å². The van der Waals surface area contributed by atoms with Gasteiger partial charge in [-0.2, -0.15) is 0 Å². The molecule has 0 saturated carbocycles. The van der Waals surface area contributed by atoms with E-state index in [1.54, 1.807) is 29.5 Å². The summed E-state index contributed by atoms with van der Waals surface area (Å²) in [5.74, 6) is 0.287. The third-order valence-corrected chi connectivity index (χ3v) is 3.87. The summed E-state index contributed by atoms with van der Waals surface area (Å²) in [6.07, 6.45) is 0.804. The molecule has 0 aliphatic rings. The van der Waals surface area contributed by atoms with Crippen LogP contribution in [0.3, 0.4) is 0 Å². The predicted octanol–water partition coefficient (Wildman–Crippen LogP) is 2.70. The van der Waals surface area contributed by atoms with E-state index in [9.17, 15) is 4.79 Å². The molecule has 1 atom stereocenters. The summed E-state index contributed by atoms with van der Waals surface area (Å²) in [6.45, 7) is 1.98. The first-order valence-electron chi connectivity index (χ1n) is 6.37. The van der Waals surface area contributed by atoms with Crippen molar-refractivity contribution in [1.29, 1.82) is 0 Å². The van der Waals surface area contributed by atoms with Crippen LogP contribution in [0.15, 0.2) is 35.7 Å². The largest absolute Gasteiger partial charge is 0.496 e. The summed E-state index contributed by atoms with van der Waals surface area (Å²) in [7, 11) is 1.53. The highest BCUT2D eigenvalue weighted by molar-refractivity contribution is 7.09. The van der Waals surface area contributed by atoms with E-state index in [-0.39, 0.29) is 11.9 Å². The Morgan fingerprint density at radius 2 is 2.20 bits per heavy atom. The second-order valence-corrected chi connectivity index (χ2v) is 5.61. The maximum absolute atomic E-state index is 12.3. The quantitative estimate of drug-likeness (QED) is 0.832. The lowest BCUT2D eigenvalue weighted by Crippen LogP contribution is -2.34. The van der Waals surface area contributed by atoms with E-state index in [0.29, 0.717) is 17.0 Å². The van der Waals surface area contributed by atoms with Crippen LogP contribution in [0.1, 0.15) is 22.2 Å². The smallest absolute Gasteiger partial charge is 0.257 e. The molecule has 0 fully saturated rings. The number of nitrogen functional groups attached to an aromatic ring is 1. The van der Waals surface area contributed by atoms with Gasteiger partial charge in [0.25, 0.3) is 5.91 Å². The highest BCUT2D eigenvalue weighted by Gasteiger charge is 2.17. The molecule has 20 heavy (non-hydrogen) atoms. The van der Waals surface area contributed by atoms with Crippen LogP contribution in [0.5, 0.6) is 5.75 Å². The number of amides is 1. The molecule has 106 valence electrons. The Hall–Kier alpha value is -2.01. The Bertz CT molecular complexity index is 582. The highest BCUT2D eigenvalue weighted by Crippen LogP contribution is 2.24. The fourth-order valence-corrected chi connectivity index (χ4v) is 2.87. The first kappa shape index (κ1) is 14.4. The molecule has 1 aromatic carbocycles. The number of ether oxygens (including phenoxy) is 1. The number of thiophene rings is 1. The molecular weight excluding hydrogens is 272 g/mol. The average molecular weight is 290 g/mol. The number of anilines is 1. The van der Waals surface area contributed by atoms with E-state index >= 15 is 0 Å². The molecule has 1 amide bonds. The lowest BCUT2D eigenvalue weighted by Gasteiger charge is -2.16. The van der Waals surface area contributed by atoms with Gasteiger partial charge in [0.2, 0.25) is 0 Å². The number of nitrogens with one attached hydrogen (secondary N) is 1. The van der Waals surface area contributed by atoms with Crippen LogP contribution in [0.2, 0.25) is 0 Å². The summed E-state index contributed by atoms with van der Waals surface area (Å²) in [5.41, 5.74) is 6.69. The maximum Gasteiger partial charge on any atom is 0.257 e. The maximum atomic E-state index is 12.3. The fraction of sp³-hybridized carbons (Fsp3) is 0.267. The van der Waals surface area contributed by atoms with Crippen LogP contribution in [0, 0.1) is 0 Å². The number of hydrogen-bond donors (Lipinski definition) is 2. The molecule has 0 radical (unpaired) electrons. The number of benzene rings is 1. The summed E-state index contributed by atoms with van der Waals surface area (Å²) < 4.78 is 5.20. The molecule has 2 rings (SSSR count). The van der Waals surface area contributed by atoms with E-state index in [2.05, 4.69) is 11.4 Å². The van der Waals surface area contributed by atoms with E-state index in [1.165, 1.54) is 12.0 Å². The van der Waals surface area contributed by atoms with E-state index in [0.717, 1.165) is 6.42 Å². The normalized spacial score (nSPS) is 11.9. The van der Waals surface area contributed by atoms with Crippen LogP contribution >= 0.6 is 11.3 Å². The number of rotatable bonds is 5. The van der Waals surface area contributed by atoms with Crippen LogP contribution in [-0.4, -0.2) is 19.1 Å². The Labute approximate surface area is 122 Å². The number of carbonyl (C=O) groups excluding carboxylic acids is 1. The van der Waals surface area contributed by atoms with Gasteiger partial charge in [0, 0.05) is 23.0 Å².